The summed E-state index contributed by atoms with van der Waals surface area (Å²) in [6, 6.07) is 0. The quantitative estimate of drug-likeness (QED) is 0.626. The van der Waals surface area contributed by atoms with Gasteiger partial charge in [0.05, 0.1) is 0 Å². The van der Waals surface area contributed by atoms with Crippen molar-refractivity contribution in [1.82, 2.24) is 0 Å². The molecule has 0 heterocycles. The van der Waals surface area contributed by atoms with E-state index in [1.807, 2.05) is 20.8 Å². The second kappa shape index (κ2) is 6.81. The first-order chi connectivity index (χ1) is 7.69. The summed E-state index contributed by atoms with van der Waals surface area (Å²) in [6.07, 6.45) is 3.26. The van der Waals surface area contributed by atoms with E-state index >= 15 is 0 Å². The first-order valence-corrected chi connectivity index (χ1v) is 6.14. The number of ether oxygens (including phenoxy) is 2. The molecule has 92 valence electrons. The van der Waals surface area contributed by atoms with Gasteiger partial charge in [0.2, 0.25) is 0 Å². The fourth-order valence-corrected chi connectivity index (χ4v) is 2.03. The SMILES string of the molecule is CCOC(CCC1=C(C)C(=O)CC1)OCC. The van der Waals surface area contributed by atoms with Gasteiger partial charge in [-0.05, 0) is 39.2 Å². The fraction of sp³-hybridized carbons (Fsp3) is 0.769. The molecule has 0 saturated carbocycles. The van der Waals surface area contributed by atoms with Crippen molar-refractivity contribution < 1.29 is 14.3 Å². The Labute approximate surface area is 97.8 Å². The van der Waals surface area contributed by atoms with Gasteiger partial charge in [-0.1, -0.05) is 5.57 Å². The van der Waals surface area contributed by atoms with Crippen LogP contribution in [0.1, 0.15) is 46.5 Å². The lowest BCUT2D eigenvalue weighted by Gasteiger charge is -2.17. The number of carbonyl (C=O) groups is 1. The molecule has 0 N–H and O–H groups in total. The van der Waals surface area contributed by atoms with Crippen LogP contribution < -0.4 is 0 Å². The van der Waals surface area contributed by atoms with Crippen LogP contribution in [0.3, 0.4) is 0 Å². The van der Waals surface area contributed by atoms with E-state index in [0.29, 0.717) is 25.4 Å². The molecule has 16 heavy (non-hydrogen) atoms. The van der Waals surface area contributed by atoms with Gasteiger partial charge in [0, 0.05) is 26.1 Å². The molecule has 3 nitrogen and oxygen atoms in total. The summed E-state index contributed by atoms with van der Waals surface area (Å²) < 4.78 is 10.9. The van der Waals surface area contributed by atoms with Gasteiger partial charge in [-0.25, -0.2) is 0 Å². The van der Waals surface area contributed by atoms with Gasteiger partial charge in [-0.2, -0.15) is 0 Å². The topological polar surface area (TPSA) is 35.5 Å². The molecule has 0 saturated heterocycles. The third-order valence-corrected chi connectivity index (χ3v) is 2.99. The van der Waals surface area contributed by atoms with Crippen molar-refractivity contribution in [2.24, 2.45) is 0 Å². The van der Waals surface area contributed by atoms with E-state index in [2.05, 4.69) is 0 Å². The summed E-state index contributed by atoms with van der Waals surface area (Å²) in [6.45, 7) is 7.20. The Balaban J connectivity index is 2.39. The van der Waals surface area contributed by atoms with Crippen molar-refractivity contribution in [3.8, 4) is 0 Å². The van der Waals surface area contributed by atoms with Crippen LogP contribution in [-0.4, -0.2) is 25.3 Å². The second-order valence-electron chi connectivity index (χ2n) is 4.03. The van der Waals surface area contributed by atoms with Crippen LogP contribution in [0.5, 0.6) is 0 Å². The number of allylic oxidation sites excluding steroid dienone is 2. The number of rotatable bonds is 7. The summed E-state index contributed by atoms with van der Waals surface area (Å²) in [5, 5.41) is 0. The number of hydrogen-bond donors (Lipinski definition) is 0. The third-order valence-electron chi connectivity index (χ3n) is 2.99. The van der Waals surface area contributed by atoms with Crippen molar-refractivity contribution in [3.05, 3.63) is 11.1 Å². The summed E-state index contributed by atoms with van der Waals surface area (Å²) in [5.74, 6) is 0.305. The summed E-state index contributed by atoms with van der Waals surface area (Å²) >= 11 is 0. The molecule has 0 spiro atoms. The van der Waals surface area contributed by atoms with Crippen molar-refractivity contribution in [1.29, 1.82) is 0 Å². The molecule has 0 fully saturated rings. The lowest BCUT2D eigenvalue weighted by atomic mass is 10.1. The molecule has 1 aliphatic carbocycles. The Hall–Kier alpha value is -0.670. The highest BCUT2D eigenvalue weighted by molar-refractivity contribution is 5.98. The Morgan fingerprint density at radius 1 is 1.19 bits per heavy atom. The Kier molecular flexibility index (Phi) is 5.71. The van der Waals surface area contributed by atoms with Gasteiger partial charge >= 0.3 is 0 Å². The molecule has 0 bridgehead atoms. The minimum atomic E-state index is -0.119. The van der Waals surface area contributed by atoms with Crippen LogP contribution in [-0.2, 0) is 14.3 Å². The zero-order chi connectivity index (χ0) is 12.0. The molecule has 0 aromatic rings. The number of ketones is 1. The molecular formula is C13H22O3. The molecule has 1 aliphatic rings. The lowest BCUT2D eigenvalue weighted by molar-refractivity contribution is -0.139. The number of hydrogen-bond acceptors (Lipinski definition) is 3. The zero-order valence-electron chi connectivity index (χ0n) is 10.5. The predicted molar refractivity (Wildman–Crippen MR) is 63.2 cm³/mol. The maximum Gasteiger partial charge on any atom is 0.158 e. The molecule has 0 unspecified atom stereocenters. The van der Waals surface area contributed by atoms with Crippen molar-refractivity contribution in [2.75, 3.05) is 13.2 Å². The van der Waals surface area contributed by atoms with Crippen molar-refractivity contribution >= 4 is 5.78 Å². The van der Waals surface area contributed by atoms with E-state index in [-0.39, 0.29) is 6.29 Å². The van der Waals surface area contributed by atoms with Crippen LogP contribution in [0.15, 0.2) is 11.1 Å². The van der Waals surface area contributed by atoms with E-state index in [0.717, 1.165) is 24.8 Å². The van der Waals surface area contributed by atoms with E-state index in [4.69, 9.17) is 9.47 Å². The monoisotopic (exact) mass is 226 g/mol. The molecule has 0 radical (unpaired) electrons. The van der Waals surface area contributed by atoms with E-state index in [1.165, 1.54) is 5.57 Å². The van der Waals surface area contributed by atoms with Crippen molar-refractivity contribution in [3.63, 3.8) is 0 Å². The molecule has 0 atom stereocenters. The average Bonchev–Trinajstić information content (AvgIpc) is 2.58. The summed E-state index contributed by atoms with van der Waals surface area (Å²) in [4.78, 5) is 11.4. The van der Waals surface area contributed by atoms with Gasteiger partial charge in [0.25, 0.3) is 0 Å². The highest BCUT2D eigenvalue weighted by Gasteiger charge is 2.20. The summed E-state index contributed by atoms with van der Waals surface area (Å²) in [5.41, 5.74) is 2.25. The molecule has 1 rings (SSSR count). The van der Waals surface area contributed by atoms with Crippen LogP contribution in [0.4, 0.5) is 0 Å². The van der Waals surface area contributed by atoms with E-state index < -0.39 is 0 Å². The molecule has 0 aliphatic heterocycles. The molecule has 0 aromatic carbocycles. The number of carbonyl (C=O) groups excluding carboxylic acids is 1. The third kappa shape index (κ3) is 3.72. The first-order valence-electron chi connectivity index (χ1n) is 6.14. The minimum absolute atomic E-state index is 0.119. The Morgan fingerprint density at radius 2 is 1.81 bits per heavy atom. The van der Waals surface area contributed by atoms with Crippen LogP contribution in [0, 0.1) is 0 Å². The highest BCUT2D eigenvalue weighted by atomic mass is 16.7. The van der Waals surface area contributed by atoms with Crippen LogP contribution in [0.2, 0.25) is 0 Å². The molecular weight excluding hydrogens is 204 g/mol. The van der Waals surface area contributed by atoms with Gasteiger partial charge in [-0.15, -0.1) is 0 Å². The van der Waals surface area contributed by atoms with Crippen molar-refractivity contribution in [2.45, 2.75) is 52.7 Å². The standard InChI is InChI=1S/C13H22O3/c1-4-15-13(16-5-2)9-7-11-6-8-12(14)10(11)3/h13H,4-9H2,1-3H3. The lowest BCUT2D eigenvalue weighted by Crippen LogP contribution is -2.17. The fourth-order valence-electron chi connectivity index (χ4n) is 2.03. The first kappa shape index (κ1) is 13.4. The maximum atomic E-state index is 11.4. The number of Topliss-reactive ketones (excluding diaryl/α,β-unsaturated/α-hetero) is 1. The van der Waals surface area contributed by atoms with Gasteiger partial charge in [0.15, 0.2) is 12.1 Å². The van der Waals surface area contributed by atoms with Gasteiger partial charge in [-0.3, -0.25) is 4.79 Å². The molecule has 0 amide bonds. The van der Waals surface area contributed by atoms with Gasteiger partial charge in [0.1, 0.15) is 0 Å². The minimum Gasteiger partial charge on any atom is -0.353 e. The van der Waals surface area contributed by atoms with Gasteiger partial charge < -0.3 is 9.47 Å². The van der Waals surface area contributed by atoms with E-state index in [1.54, 1.807) is 0 Å². The molecule has 0 aromatic heterocycles. The largest absolute Gasteiger partial charge is 0.353 e. The average molecular weight is 226 g/mol. The van der Waals surface area contributed by atoms with Crippen LogP contribution >= 0.6 is 0 Å². The Morgan fingerprint density at radius 3 is 2.25 bits per heavy atom. The Bertz CT molecular complexity index is 262. The molecule has 3 heteroatoms. The predicted octanol–water partition coefficient (Wildman–Crippen LogP) is 2.85. The maximum absolute atomic E-state index is 11.4. The smallest absolute Gasteiger partial charge is 0.158 e. The zero-order valence-corrected chi connectivity index (χ0v) is 10.5. The van der Waals surface area contributed by atoms with E-state index in [9.17, 15) is 4.79 Å². The normalized spacial score (nSPS) is 16.6. The summed E-state index contributed by atoms with van der Waals surface area (Å²) in [7, 11) is 0. The second-order valence-corrected chi connectivity index (χ2v) is 4.03. The highest BCUT2D eigenvalue weighted by Crippen LogP contribution is 2.27. The van der Waals surface area contributed by atoms with Crippen LogP contribution in [0.25, 0.3) is 0 Å².